The second-order valence-electron chi connectivity index (χ2n) is 13.2. The summed E-state index contributed by atoms with van der Waals surface area (Å²) in [5.41, 5.74) is 4.37. The summed E-state index contributed by atoms with van der Waals surface area (Å²) in [4.78, 5) is 0. The van der Waals surface area contributed by atoms with Gasteiger partial charge < -0.3 is 43.4 Å². The van der Waals surface area contributed by atoms with E-state index in [1.807, 2.05) is 93.6 Å². The summed E-state index contributed by atoms with van der Waals surface area (Å²) in [6.07, 6.45) is -3.17. The topological polar surface area (TPSA) is 105 Å². The second-order valence-corrected chi connectivity index (χ2v) is 14.3. The summed E-state index contributed by atoms with van der Waals surface area (Å²) in [5, 5.41) is 22.1. The minimum absolute atomic E-state index is 0.190. The van der Waals surface area contributed by atoms with E-state index < -0.39 is 24.4 Å². The fraction of sp³-hybridized carbons (Fsp3) is 0.415. The van der Waals surface area contributed by atoms with Crippen molar-refractivity contribution in [2.24, 2.45) is 11.8 Å². The lowest BCUT2D eigenvalue weighted by Gasteiger charge is -2.24. The largest absolute Gasteiger partial charge is 0.496 e. The number of ether oxygens (including phenoxy) is 7. The monoisotopic (exact) mass is 812 g/mol. The van der Waals surface area contributed by atoms with E-state index in [9.17, 15) is 10.2 Å². The molecular weight excluding hydrogens is 763 g/mol. The van der Waals surface area contributed by atoms with Gasteiger partial charge in [-0.25, -0.2) is 0 Å². The van der Waals surface area contributed by atoms with Crippen LogP contribution in [0.5, 0.6) is 34.5 Å². The highest BCUT2D eigenvalue weighted by molar-refractivity contribution is 14.1. The van der Waals surface area contributed by atoms with Gasteiger partial charge in [-0.2, -0.15) is 0 Å². The first-order chi connectivity index (χ1) is 24.4. The van der Waals surface area contributed by atoms with Crippen LogP contribution in [0.4, 0.5) is 0 Å². The van der Waals surface area contributed by atoms with E-state index in [0.29, 0.717) is 23.0 Å². The van der Waals surface area contributed by atoms with Gasteiger partial charge in [0.2, 0.25) is 0 Å². The van der Waals surface area contributed by atoms with E-state index in [0.717, 1.165) is 42.9 Å². The smallest absolute Gasteiger partial charge is 0.161 e. The molecule has 10 heteroatoms. The maximum atomic E-state index is 11.1. The fourth-order valence-electron chi connectivity index (χ4n) is 6.66. The molecule has 0 bridgehead atoms. The van der Waals surface area contributed by atoms with Gasteiger partial charge in [0.1, 0.15) is 35.9 Å². The van der Waals surface area contributed by atoms with Gasteiger partial charge in [0.25, 0.3) is 0 Å². The Bertz CT molecular complexity index is 1670. The molecular formula is C41H49IO9. The van der Waals surface area contributed by atoms with Crippen LogP contribution in [0.2, 0.25) is 0 Å². The van der Waals surface area contributed by atoms with Crippen LogP contribution in [0.1, 0.15) is 79.9 Å². The van der Waals surface area contributed by atoms with Gasteiger partial charge in [0.15, 0.2) is 23.0 Å². The minimum atomic E-state index is -0.853. The van der Waals surface area contributed by atoms with Crippen molar-refractivity contribution in [3.8, 4) is 34.5 Å². The van der Waals surface area contributed by atoms with Crippen LogP contribution in [-0.4, -0.2) is 50.9 Å². The number of hydrogen-bond donors (Lipinski definition) is 2. The maximum absolute atomic E-state index is 11.1. The summed E-state index contributed by atoms with van der Waals surface area (Å²) < 4.78 is 42.4. The van der Waals surface area contributed by atoms with Gasteiger partial charge in [-0.1, -0.05) is 38.1 Å². The number of aliphatic hydroxyl groups excluding tert-OH is 2. The number of halogens is 1. The number of aliphatic hydroxyl groups is 2. The molecule has 5 rings (SSSR count). The molecule has 1 saturated heterocycles. The van der Waals surface area contributed by atoms with Crippen molar-refractivity contribution in [1.29, 1.82) is 0 Å². The third-order valence-corrected chi connectivity index (χ3v) is 10.7. The van der Waals surface area contributed by atoms with E-state index >= 15 is 0 Å². The van der Waals surface area contributed by atoms with E-state index in [2.05, 4.69) is 36.4 Å². The highest BCUT2D eigenvalue weighted by Crippen LogP contribution is 2.51. The Morgan fingerprint density at radius 1 is 0.569 bits per heavy atom. The zero-order valence-electron chi connectivity index (χ0n) is 30.7. The Balaban J connectivity index is 1.28. The number of rotatable bonds is 14. The van der Waals surface area contributed by atoms with Gasteiger partial charge in [-0.3, -0.25) is 0 Å². The number of benzene rings is 4. The molecule has 0 aliphatic carbocycles. The number of hydrogen-bond acceptors (Lipinski definition) is 9. The molecule has 4 aromatic rings. The first-order valence-electron chi connectivity index (χ1n) is 17.1. The number of aryl methyl sites for hydroxylation is 1. The van der Waals surface area contributed by atoms with Crippen LogP contribution < -0.4 is 28.4 Å². The average molecular weight is 813 g/mol. The molecule has 274 valence electrons. The van der Waals surface area contributed by atoms with Crippen molar-refractivity contribution in [3.63, 3.8) is 0 Å². The van der Waals surface area contributed by atoms with Crippen LogP contribution in [0.15, 0.2) is 72.8 Å². The van der Waals surface area contributed by atoms with E-state index in [1.165, 1.54) is 0 Å². The lowest BCUT2D eigenvalue weighted by atomic mass is 9.85. The molecule has 1 fully saturated rings. The average Bonchev–Trinajstić information content (AvgIpc) is 3.44. The fourth-order valence-corrected chi connectivity index (χ4v) is 7.42. The van der Waals surface area contributed by atoms with Crippen LogP contribution in [0.3, 0.4) is 0 Å². The highest BCUT2D eigenvalue weighted by Gasteiger charge is 2.41. The molecule has 1 unspecified atom stereocenters. The molecule has 51 heavy (non-hydrogen) atoms. The molecule has 9 nitrogen and oxygen atoms in total. The molecule has 4 aromatic carbocycles. The normalized spacial score (nSPS) is 20.9. The molecule has 0 aromatic heterocycles. The lowest BCUT2D eigenvalue weighted by Crippen LogP contribution is -2.22. The van der Waals surface area contributed by atoms with Crippen molar-refractivity contribution in [1.82, 2.24) is 0 Å². The second kappa shape index (κ2) is 16.8. The van der Waals surface area contributed by atoms with Crippen LogP contribution in [0.25, 0.3) is 0 Å². The summed E-state index contributed by atoms with van der Waals surface area (Å²) in [6, 6.07) is 22.8. The predicted octanol–water partition coefficient (Wildman–Crippen LogP) is 8.72. The zero-order valence-corrected chi connectivity index (χ0v) is 32.8. The molecule has 8 atom stereocenters. The molecule has 1 aliphatic heterocycles. The number of methoxy groups -OCH3 is 4. The van der Waals surface area contributed by atoms with Crippen molar-refractivity contribution in [2.45, 2.75) is 71.2 Å². The summed E-state index contributed by atoms with van der Waals surface area (Å²) in [7, 11) is 6.47. The van der Waals surface area contributed by atoms with Crippen LogP contribution in [-0.2, 0) is 4.74 Å². The Labute approximate surface area is 314 Å². The predicted molar refractivity (Wildman–Crippen MR) is 204 cm³/mol. The lowest BCUT2D eigenvalue weighted by molar-refractivity contribution is 0.0281. The quantitative estimate of drug-likeness (QED) is 0.121. The molecule has 0 amide bonds. The molecule has 0 spiro atoms. The zero-order chi connectivity index (χ0) is 37.0. The Morgan fingerprint density at radius 2 is 0.980 bits per heavy atom. The van der Waals surface area contributed by atoms with Crippen molar-refractivity contribution in [2.75, 3.05) is 28.4 Å². The summed E-state index contributed by atoms with van der Waals surface area (Å²) in [5.74, 6) is 4.10. The van der Waals surface area contributed by atoms with Crippen molar-refractivity contribution >= 4 is 22.6 Å². The summed E-state index contributed by atoms with van der Waals surface area (Å²) >= 11 is 2.19. The Hall–Kier alpha value is -3.71. The van der Waals surface area contributed by atoms with E-state index in [4.69, 9.17) is 33.2 Å². The minimum Gasteiger partial charge on any atom is -0.496 e. The van der Waals surface area contributed by atoms with Gasteiger partial charge in [-0.15, -0.1) is 0 Å². The van der Waals surface area contributed by atoms with Crippen molar-refractivity contribution < 1.29 is 43.4 Å². The maximum Gasteiger partial charge on any atom is 0.161 e. The standard InChI is InChI=1S/C41H49IO9/c1-22-18-27(10-14-32(22)45-6)38(43)25(4)49-34-16-12-29(20-36(34)47-8)40-23(2)24(3)41(51-40)30-13-17-35(37(21-30)48-9)50-26(5)39(44)28-11-15-33(46-7)31(42)19-28/h10-21,23-26,38-41,43-44H,1-9H3/t23-,24-,25-,26-,38+,39+,40?,41+/m1/s1. The molecule has 2 N–H and O–H groups in total. The Kier molecular flexibility index (Phi) is 12.7. The highest BCUT2D eigenvalue weighted by atomic mass is 127. The molecule has 1 heterocycles. The van der Waals surface area contributed by atoms with Crippen LogP contribution in [0, 0.1) is 22.3 Å². The SMILES string of the molecule is COc1ccc([C@@H](O)[C@@H](C)Oc2ccc(C3O[C@H](c4ccc(O[C@H](C)[C@H](O)c5ccc(OC)c(I)c5)c(OC)c4)[C@H](C)[C@H]3C)cc2OC)cc1C. The van der Waals surface area contributed by atoms with E-state index in [-0.39, 0.29) is 24.0 Å². The molecule has 0 saturated carbocycles. The van der Waals surface area contributed by atoms with Gasteiger partial charge >= 0.3 is 0 Å². The van der Waals surface area contributed by atoms with Gasteiger partial charge in [-0.05, 0) is 132 Å². The Morgan fingerprint density at radius 3 is 1.39 bits per heavy atom. The van der Waals surface area contributed by atoms with Gasteiger partial charge in [0.05, 0.1) is 44.2 Å². The third-order valence-electron chi connectivity index (χ3n) is 9.90. The first-order valence-corrected chi connectivity index (χ1v) is 18.2. The van der Waals surface area contributed by atoms with Crippen molar-refractivity contribution in [3.05, 3.63) is 104 Å². The summed E-state index contributed by atoms with van der Waals surface area (Å²) in [6.45, 7) is 10.00. The van der Waals surface area contributed by atoms with Gasteiger partial charge in [0, 0.05) is 0 Å². The molecule has 0 radical (unpaired) electrons. The molecule has 1 aliphatic rings. The first kappa shape index (κ1) is 38.5. The third kappa shape index (κ3) is 8.35. The van der Waals surface area contributed by atoms with Crippen LogP contribution >= 0.6 is 22.6 Å². The van der Waals surface area contributed by atoms with E-state index in [1.54, 1.807) is 28.4 Å².